The molecule has 0 aliphatic carbocycles. The first-order chi connectivity index (χ1) is 8.72. The van der Waals surface area contributed by atoms with E-state index < -0.39 is 6.10 Å². The second-order valence-electron chi connectivity index (χ2n) is 4.57. The molecular weight excluding hydrogens is 228 g/mol. The van der Waals surface area contributed by atoms with Crippen molar-refractivity contribution in [2.75, 3.05) is 32.7 Å². The number of nitrogens with zero attached hydrogens (tertiary/aromatic N) is 2. The van der Waals surface area contributed by atoms with Crippen LogP contribution in [0.15, 0.2) is 30.3 Å². The average Bonchev–Trinajstić information content (AvgIpc) is 2.47. The minimum absolute atomic E-state index is 0.183. The number of piperazine rings is 1. The Hall–Kier alpha value is -1.39. The normalized spacial score (nSPS) is 18.7. The Kier molecular flexibility index (Phi) is 4.33. The van der Waals surface area contributed by atoms with Crippen LogP contribution in [0.25, 0.3) is 0 Å². The summed E-state index contributed by atoms with van der Waals surface area (Å²) in [5, 5.41) is 10.1. The van der Waals surface area contributed by atoms with Crippen molar-refractivity contribution < 1.29 is 9.90 Å². The number of carbonyl (C=O) groups excluding carboxylic acids is 1. The number of carbonyl (C=O) groups is 1. The van der Waals surface area contributed by atoms with Gasteiger partial charge >= 0.3 is 0 Å². The Bertz CT molecular complexity index is 386. The number of amides is 1. The van der Waals surface area contributed by atoms with Crippen LogP contribution in [0, 0.1) is 0 Å². The van der Waals surface area contributed by atoms with Gasteiger partial charge in [0.2, 0.25) is 0 Å². The molecule has 4 heteroatoms. The fourth-order valence-corrected chi connectivity index (χ4v) is 2.24. The zero-order chi connectivity index (χ0) is 13.0. The predicted octanol–water partition coefficient (Wildman–Crippen LogP) is 0.884. The number of aliphatic hydroxyl groups excluding tert-OH is 1. The molecule has 18 heavy (non-hydrogen) atoms. The molecule has 4 nitrogen and oxygen atoms in total. The van der Waals surface area contributed by atoms with Crippen molar-refractivity contribution in [2.45, 2.75) is 13.0 Å². The molecule has 0 radical (unpaired) electrons. The van der Waals surface area contributed by atoms with Crippen LogP contribution in [0.2, 0.25) is 0 Å². The summed E-state index contributed by atoms with van der Waals surface area (Å²) in [5.74, 6) is -0.183. The van der Waals surface area contributed by atoms with Gasteiger partial charge in [0.25, 0.3) is 5.91 Å². The summed E-state index contributed by atoms with van der Waals surface area (Å²) in [6, 6.07) is 9.11. The summed E-state index contributed by atoms with van der Waals surface area (Å²) < 4.78 is 0. The zero-order valence-electron chi connectivity index (χ0n) is 10.7. The lowest BCUT2D eigenvalue weighted by Crippen LogP contribution is -2.49. The van der Waals surface area contributed by atoms with E-state index in [1.807, 2.05) is 18.2 Å². The van der Waals surface area contributed by atoms with E-state index in [1.165, 1.54) is 0 Å². The zero-order valence-corrected chi connectivity index (χ0v) is 10.7. The first kappa shape index (κ1) is 13.1. The van der Waals surface area contributed by atoms with Crippen LogP contribution in [0.3, 0.4) is 0 Å². The van der Waals surface area contributed by atoms with Crippen LogP contribution in [-0.2, 0) is 4.79 Å². The lowest BCUT2D eigenvalue weighted by atomic mass is 10.1. The first-order valence-electron chi connectivity index (χ1n) is 6.46. The molecule has 98 valence electrons. The van der Waals surface area contributed by atoms with Gasteiger partial charge in [-0.15, -0.1) is 0 Å². The molecule has 1 heterocycles. The number of benzene rings is 1. The molecule has 1 N–H and O–H groups in total. The molecule has 0 spiro atoms. The minimum Gasteiger partial charge on any atom is -0.378 e. The summed E-state index contributed by atoms with van der Waals surface area (Å²) in [5.41, 5.74) is 0.667. The van der Waals surface area contributed by atoms with E-state index in [0.717, 1.165) is 19.6 Å². The van der Waals surface area contributed by atoms with Crippen molar-refractivity contribution in [1.82, 2.24) is 9.80 Å². The number of hydrogen-bond acceptors (Lipinski definition) is 3. The fourth-order valence-electron chi connectivity index (χ4n) is 2.24. The second-order valence-corrected chi connectivity index (χ2v) is 4.57. The molecule has 2 rings (SSSR count). The lowest BCUT2D eigenvalue weighted by Gasteiger charge is -2.35. The van der Waals surface area contributed by atoms with Crippen molar-refractivity contribution in [2.24, 2.45) is 0 Å². The molecule has 1 saturated heterocycles. The van der Waals surface area contributed by atoms with Gasteiger partial charge in [0.15, 0.2) is 6.10 Å². The standard InChI is InChI=1S/C14H20N2O2/c1-2-15-8-10-16(11-9-15)14(18)13(17)12-6-4-3-5-7-12/h3-7,13,17H,2,8-11H2,1H3. The average molecular weight is 248 g/mol. The largest absolute Gasteiger partial charge is 0.378 e. The second kappa shape index (κ2) is 5.98. The van der Waals surface area contributed by atoms with Crippen molar-refractivity contribution in [3.63, 3.8) is 0 Å². The minimum atomic E-state index is -1.03. The molecule has 0 bridgehead atoms. The molecule has 1 unspecified atom stereocenters. The Morgan fingerprint density at radius 2 is 1.83 bits per heavy atom. The van der Waals surface area contributed by atoms with Gasteiger partial charge in [0, 0.05) is 26.2 Å². The first-order valence-corrected chi connectivity index (χ1v) is 6.46. The highest BCUT2D eigenvalue weighted by Crippen LogP contribution is 2.16. The number of rotatable bonds is 3. The Morgan fingerprint density at radius 1 is 1.22 bits per heavy atom. The molecule has 1 amide bonds. The van der Waals surface area contributed by atoms with Crippen LogP contribution < -0.4 is 0 Å². The summed E-state index contributed by atoms with van der Waals surface area (Å²) >= 11 is 0. The highest BCUT2D eigenvalue weighted by Gasteiger charge is 2.26. The number of hydrogen-bond donors (Lipinski definition) is 1. The maximum atomic E-state index is 12.2. The summed E-state index contributed by atoms with van der Waals surface area (Å²) in [6.45, 7) is 6.33. The van der Waals surface area contributed by atoms with E-state index in [0.29, 0.717) is 18.7 Å². The number of likely N-dealkylation sites (N-methyl/N-ethyl adjacent to an activating group) is 1. The third-order valence-electron chi connectivity index (χ3n) is 3.48. The van der Waals surface area contributed by atoms with Crippen molar-refractivity contribution in [3.05, 3.63) is 35.9 Å². The molecule has 1 aromatic carbocycles. The molecule has 1 atom stereocenters. The summed E-state index contributed by atoms with van der Waals surface area (Å²) in [4.78, 5) is 16.2. The Balaban J connectivity index is 1.96. The highest BCUT2D eigenvalue weighted by molar-refractivity contribution is 5.82. The van der Waals surface area contributed by atoms with Crippen molar-refractivity contribution in [3.8, 4) is 0 Å². The molecule has 1 aliphatic rings. The van der Waals surface area contributed by atoms with Gasteiger partial charge < -0.3 is 14.9 Å². The smallest absolute Gasteiger partial charge is 0.256 e. The van der Waals surface area contributed by atoms with Gasteiger partial charge in [-0.1, -0.05) is 37.3 Å². The SMILES string of the molecule is CCN1CCN(C(=O)C(O)c2ccccc2)CC1. The highest BCUT2D eigenvalue weighted by atomic mass is 16.3. The molecule has 0 saturated carbocycles. The van der Waals surface area contributed by atoms with Crippen LogP contribution in [-0.4, -0.2) is 53.5 Å². The van der Waals surface area contributed by atoms with Crippen LogP contribution in [0.4, 0.5) is 0 Å². The molecule has 1 aromatic rings. The van der Waals surface area contributed by atoms with Gasteiger partial charge in [-0.2, -0.15) is 0 Å². The predicted molar refractivity (Wildman–Crippen MR) is 70.1 cm³/mol. The van der Waals surface area contributed by atoms with E-state index in [2.05, 4.69) is 11.8 Å². The Morgan fingerprint density at radius 3 is 2.39 bits per heavy atom. The van der Waals surface area contributed by atoms with E-state index in [-0.39, 0.29) is 5.91 Å². The van der Waals surface area contributed by atoms with Crippen LogP contribution in [0.1, 0.15) is 18.6 Å². The van der Waals surface area contributed by atoms with Gasteiger partial charge in [0.1, 0.15) is 0 Å². The van der Waals surface area contributed by atoms with Crippen LogP contribution in [0.5, 0.6) is 0 Å². The third-order valence-corrected chi connectivity index (χ3v) is 3.48. The van der Waals surface area contributed by atoms with Crippen LogP contribution >= 0.6 is 0 Å². The third kappa shape index (κ3) is 2.89. The number of aliphatic hydroxyl groups is 1. The monoisotopic (exact) mass is 248 g/mol. The maximum Gasteiger partial charge on any atom is 0.256 e. The van der Waals surface area contributed by atoms with Crippen molar-refractivity contribution >= 4 is 5.91 Å². The van der Waals surface area contributed by atoms with Gasteiger partial charge in [-0.25, -0.2) is 0 Å². The lowest BCUT2D eigenvalue weighted by molar-refractivity contribution is -0.142. The Labute approximate surface area is 108 Å². The molecule has 1 aliphatic heterocycles. The van der Waals surface area contributed by atoms with E-state index >= 15 is 0 Å². The quantitative estimate of drug-likeness (QED) is 0.863. The van der Waals surface area contributed by atoms with E-state index in [4.69, 9.17) is 0 Å². The molecule has 1 fully saturated rings. The summed E-state index contributed by atoms with van der Waals surface area (Å²) in [6.07, 6.45) is -1.03. The topological polar surface area (TPSA) is 43.8 Å². The van der Waals surface area contributed by atoms with E-state index in [9.17, 15) is 9.90 Å². The molecular formula is C14H20N2O2. The van der Waals surface area contributed by atoms with Gasteiger partial charge in [-0.3, -0.25) is 4.79 Å². The maximum absolute atomic E-state index is 12.2. The van der Waals surface area contributed by atoms with Gasteiger partial charge in [0.05, 0.1) is 0 Å². The fraction of sp³-hybridized carbons (Fsp3) is 0.500. The van der Waals surface area contributed by atoms with E-state index in [1.54, 1.807) is 17.0 Å². The molecule has 0 aromatic heterocycles. The summed E-state index contributed by atoms with van der Waals surface area (Å²) in [7, 11) is 0. The van der Waals surface area contributed by atoms with Gasteiger partial charge in [-0.05, 0) is 12.1 Å². The van der Waals surface area contributed by atoms with Crippen molar-refractivity contribution in [1.29, 1.82) is 0 Å².